The van der Waals surface area contributed by atoms with Crippen molar-refractivity contribution in [3.63, 3.8) is 0 Å². The van der Waals surface area contributed by atoms with Gasteiger partial charge in [-0.15, -0.1) is 6.58 Å². The minimum atomic E-state index is -0.236. The summed E-state index contributed by atoms with van der Waals surface area (Å²) in [6, 6.07) is 15.4. The number of nitrogens with zero attached hydrogens (tertiary/aromatic N) is 3. The summed E-state index contributed by atoms with van der Waals surface area (Å²) < 4.78 is 0. The van der Waals surface area contributed by atoms with Crippen LogP contribution in [0, 0.1) is 12.8 Å². The van der Waals surface area contributed by atoms with Gasteiger partial charge in [-0.25, -0.2) is 0 Å². The van der Waals surface area contributed by atoms with Gasteiger partial charge in [-0.2, -0.15) is 0 Å². The number of benzene rings is 2. The van der Waals surface area contributed by atoms with Crippen LogP contribution in [0.3, 0.4) is 0 Å². The summed E-state index contributed by atoms with van der Waals surface area (Å²) in [7, 11) is 0. The zero-order valence-electron chi connectivity index (χ0n) is 21.0. The average Bonchev–Trinajstić information content (AvgIpc) is 2.84. The first kappa shape index (κ1) is 26.0. The van der Waals surface area contributed by atoms with Gasteiger partial charge < -0.3 is 20.0 Å². The minimum Gasteiger partial charge on any atom is -0.368 e. The Hall–Kier alpha value is -3.61. The molecule has 0 atom stereocenters. The van der Waals surface area contributed by atoms with E-state index >= 15 is 0 Å². The molecule has 186 valence electrons. The highest BCUT2D eigenvalue weighted by atomic mass is 16.2. The lowest BCUT2D eigenvalue weighted by atomic mass is 10.1. The normalized spacial score (nSPS) is 13.5. The molecule has 0 radical (unpaired) electrons. The number of aryl methyl sites for hydroxylation is 1. The van der Waals surface area contributed by atoms with E-state index in [4.69, 9.17) is 0 Å². The van der Waals surface area contributed by atoms with Gasteiger partial charge in [-0.3, -0.25) is 14.4 Å². The Bertz CT molecular complexity index is 1020. The number of amides is 3. The predicted molar refractivity (Wildman–Crippen MR) is 141 cm³/mol. The number of nitrogens with one attached hydrogen (secondary N) is 1. The fourth-order valence-electron chi connectivity index (χ4n) is 4.06. The smallest absolute Gasteiger partial charge is 0.253 e. The Kier molecular flexibility index (Phi) is 9.06. The fraction of sp³-hybridized carbons (Fsp3) is 0.393. The minimum absolute atomic E-state index is 0.00367. The van der Waals surface area contributed by atoms with Gasteiger partial charge in [0.15, 0.2) is 0 Å². The van der Waals surface area contributed by atoms with Crippen molar-refractivity contribution in [3.8, 4) is 0 Å². The van der Waals surface area contributed by atoms with Crippen LogP contribution in [0.5, 0.6) is 0 Å². The standard InChI is InChI=1S/C28H36N4O3/c1-5-14-32(27(34)19-21(2)3)20-26(33)29-24-10-12-25(13-11-24)30-15-17-31(18-16-30)28(35)23-8-6-22(4)7-9-23/h5-13,21H,1,14-20H2,2-4H3,(H,29,33). The summed E-state index contributed by atoms with van der Waals surface area (Å²) >= 11 is 0. The molecule has 3 amide bonds. The average molecular weight is 477 g/mol. The van der Waals surface area contributed by atoms with Crippen molar-refractivity contribution >= 4 is 29.1 Å². The molecule has 7 nitrogen and oxygen atoms in total. The van der Waals surface area contributed by atoms with E-state index in [0.29, 0.717) is 31.7 Å². The lowest BCUT2D eigenvalue weighted by molar-refractivity contribution is -0.134. The zero-order valence-corrected chi connectivity index (χ0v) is 21.0. The van der Waals surface area contributed by atoms with Gasteiger partial charge in [0.25, 0.3) is 5.91 Å². The Labute approximate surface area is 208 Å². The van der Waals surface area contributed by atoms with Crippen LogP contribution in [-0.2, 0) is 9.59 Å². The summed E-state index contributed by atoms with van der Waals surface area (Å²) in [6.07, 6.45) is 2.04. The Morgan fingerprint density at radius 3 is 2.20 bits per heavy atom. The lowest BCUT2D eigenvalue weighted by Gasteiger charge is -2.36. The molecular weight excluding hydrogens is 440 g/mol. The van der Waals surface area contributed by atoms with E-state index in [9.17, 15) is 14.4 Å². The van der Waals surface area contributed by atoms with E-state index in [1.54, 1.807) is 6.08 Å². The SMILES string of the molecule is C=CCN(CC(=O)Nc1ccc(N2CCN(C(=O)c3ccc(C)cc3)CC2)cc1)C(=O)CC(C)C. The molecule has 7 heteroatoms. The molecular formula is C28H36N4O3. The third-order valence-electron chi connectivity index (χ3n) is 6.00. The molecule has 2 aromatic carbocycles. The van der Waals surface area contributed by atoms with E-state index in [1.165, 1.54) is 4.90 Å². The second kappa shape index (κ2) is 12.2. The third kappa shape index (κ3) is 7.44. The van der Waals surface area contributed by atoms with Crippen molar-refractivity contribution in [3.05, 3.63) is 72.3 Å². The van der Waals surface area contributed by atoms with Crippen molar-refractivity contribution in [1.82, 2.24) is 9.80 Å². The molecule has 0 saturated carbocycles. The summed E-state index contributed by atoms with van der Waals surface area (Å²) in [4.78, 5) is 43.3. The number of carbonyl (C=O) groups excluding carboxylic acids is 3. The van der Waals surface area contributed by atoms with Crippen LogP contribution in [0.1, 0.15) is 36.2 Å². The van der Waals surface area contributed by atoms with Gasteiger partial charge >= 0.3 is 0 Å². The van der Waals surface area contributed by atoms with E-state index in [1.807, 2.05) is 74.2 Å². The molecule has 1 N–H and O–H groups in total. The molecule has 1 heterocycles. The van der Waals surface area contributed by atoms with Crippen LogP contribution in [-0.4, -0.2) is 66.8 Å². The van der Waals surface area contributed by atoms with Crippen LogP contribution >= 0.6 is 0 Å². The number of anilines is 2. The van der Waals surface area contributed by atoms with Gasteiger partial charge in [0, 0.05) is 56.1 Å². The molecule has 0 aromatic heterocycles. The number of carbonyl (C=O) groups is 3. The monoisotopic (exact) mass is 476 g/mol. The Morgan fingerprint density at radius 2 is 1.63 bits per heavy atom. The molecule has 1 saturated heterocycles. The zero-order chi connectivity index (χ0) is 25.4. The lowest BCUT2D eigenvalue weighted by Crippen LogP contribution is -2.48. The molecule has 0 spiro atoms. The molecule has 0 aliphatic carbocycles. The maximum atomic E-state index is 12.8. The summed E-state index contributed by atoms with van der Waals surface area (Å²) in [5.41, 5.74) is 3.59. The summed E-state index contributed by atoms with van der Waals surface area (Å²) in [5, 5.41) is 2.87. The number of hydrogen-bond donors (Lipinski definition) is 1. The first-order valence-corrected chi connectivity index (χ1v) is 12.2. The quantitative estimate of drug-likeness (QED) is 0.556. The predicted octanol–water partition coefficient (Wildman–Crippen LogP) is 3.96. The third-order valence-corrected chi connectivity index (χ3v) is 6.00. The van der Waals surface area contributed by atoms with Crippen molar-refractivity contribution in [1.29, 1.82) is 0 Å². The number of hydrogen-bond acceptors (Lipinski definition) is 4. The Morgan fingerprint density at radius 1 is 1.00 bits per heavy atom. The van der Waals surface area contributed by atoms with Crippen molar-refractivity contribution in [2.24, 2.45) is 5.92 Å². The van der Waals surface area contributed by atoms with E-state index in [2.05, 4.69) is 16.8 Å². The first-order chi connectivity index (χ1) is 16.8. The first-order valence-electron chi connectivity index (χ1n) is 12.2. The molecule has 2 aromatic rings. The summed E-state index contributed by atoms with van der Waals surface area (Å²) in [6.45, 7) is 12.8. The van der Waals surface area contributed by atoms with Crippen LogP contribution in [0.2, 0.25) is 0 Å². The van der Waals surface area contributed by atoms with Gasteiger partial charge in [0.2, 0.25) is 11.8 Å². The van der Waals surface area contributed by atoms with E-state index < -0.39 is 0 Å². The molecule has 3 rings (SSSR count). The molecule has 0 unspecified atom stereocenters. The van der Waals surface area contributed by atoms with E-state index in [-0.39, 0.29) is 30.2 Å². The van der Waals surface area contributed by atoms with Crippen molar-refractivity contribution < 1.29 is 14.4 Å². The fourth-order valence-corrected chi connectivity index (χ4v) is 4.06. The summed E-state index contributed by atoms with van der Waals surface area (Å²) in [5.74, 6) is 0.0124. The molecule has 35 heavy (non-hydrogen) atoms. The van der Waals surface area contributed by atoms with Crippen molar-refractivity contribution in [2.75, 3.05) is 49.5 Å². The highest BCUT2D eigenvalue weighted by Gasteiger charge is 2.22. The number of piperazine rings is 1. The largest absolute Gasteiger partial charge is 0.368 e. The van der Waals surface area contributed by atoms with Crippen LogP contribution < -0.4 is 10.2 Å². The molecule has 1 aliphatic heterocycles. The van der Waals surface area contributed by atoms with Gasteiger partial charge in [-0.1, -0.05) is 37.6 Å². The molecule has 0 bridgehead atoms. The van der Waals surface area contributed by atoms with Crippen molar-refractivity contribution in [2.45, 2.75) is 27.2 Å². The second-order valence-corrected chi connectivity index (χ2v) is 9.40. The maximum absolute atomic E-state index is 12.8. The molecule has 1 fully saturated rings. The molecule has 1 aliphatic rings. The van der Waals surface area contributed by atoms with Gasteiger partial charge in [0.1, 0.15) is 6.54 Å². The highest BCUT2D eigenvalue weighted by Crippen LogP contribution is 2.20. The van der Waals surface area contributed by atoms with Gasteiger partial charge in [-0.05, 0) is 49.2 Å². The Balaban J connectivity index is 1.51. The highest BCUT2D eigenvalue weighted by molar-refractivity contribution is 5.95. The second-order valence-electron chi connectivity index (χ2n) is 9.40. The van der Waals surface area contributed by atoms with Crippen LogP contribution in [0.4, 0.5) is 11.4 Å². The number of rotatable bonds is 9. The topological polar surface area (TPSA) is 73.0 Å². The van der Waals surface area contributed by atoms with Crippen LogP contribution in [0.25, 0.3) is 0 Å². The maximum Gasteiger partial charge on any atom is 0.253 e. The van der Waals surface area contributed by atoms with Crippen LogP contribution in [0.15, 0.2) is 61.2 Å². The van der Waals surface area contributed by atoms with Gasteiger partial charge in [0.05, 0.1) is 0 Å². The van der Waals surface area contributed by atoms with E-state index in [0.717, 1.165) is 29.9 Å².